The number of urea groups is 1. The molecule has 3 amide bonds. The van der Waals surface area contributed by atoms with Crippen LogP contribution in [0.25, 0.3) is 0 Å². The molecule has 1 N–H and O–H groups in total. The fourth-order valence-electron chi connectivity index (χ4n) is 3.10. The van der Waals surface area contributed by atoms with Gasteiger partial charge in [0.2, 0.25) is 0 Å². The van der Waals surface area contributed by atoms with Crippen molar-refractivity contribution in [3.63, 3.8) is 0 Å². The van der Waals surface area contributed by atoms with Gasteiger partial charge in [-0.15, -0.1) is 0 Å². The van der Waals surface area contributed by atoms with Crippen molar-refractivity contribution in [1.82, 2.24) is 9.80 Å². The average molecular weight is 347 g/mol. The maximum Gasteiger partial charge on any atom is 0.322 e. The molecule has 1 fully saturated rings. The van der Waals surface area contributed by atoms with Gasteiger partial charge in [0.15, 0.2) is 0 Å². The molecular weight excluding hydrogens is 318 g/mol. The number of carbonyl (C=O) groups excluding carboxylic acids is 2. The highest BCUT2D eigenvalue weighted by atomic mass is 16.5. The normalized spacial score (nSPS) is 20.1. The molecule has 1 aromatic rings. The van der Waals surface area contributed by atoms with E-state index in [1.807, 2.05) is 11.8 Å². The zero-order chi connectivity index (χ0) is 18.6. The molecule has 0 radical (unpaired) electrons. The first-order chi connectivity index (χ1) is 11.8. The Hall–Kier alpha value is -2.24. The Kier molecular flexibility index (Phi) is 6.28. The van der Waals surface area contributed by atoms with E-state index in [4.69, 9.17) is 4.74 Å². The Morgan fingerprint density at radius 3 is 2.68 bits per heavy atom. The Morgan fingerprint density at radius 1 is 1.32 bits per heavy atom. The van der Waals surface area contributed by atoms with E-state index < -0.39 is 0 Å². The van der Waals surface area contributed by atoms with Gasteiger partial charge in [-0.25, -0.2) is 4.79 Å². The predicted octanol–water partition coefficient (Wildman–Crippen LogP) is 3.44. The highest BCUT2D eigenvalue weighted by Crippen LogP contribution is 2.29. The Labute approximate surface area is 150 Å². The quantitative estimate of drug-likeness (QED) is 0.907. The summed E-state index contributed by atoms with van der Waals surface area (Å²) in [7, 11) is 3.41. The summed E-state index contributed by atoms with van der Waals surface area (Å²) in [6, 6.07) is 5.22. The number of piperidine rings is 1. The molecule has 0 bridgehead atoms. The standard InChI is InChI=1S/C19H29N3O3/c1-6-25-17-12-15(18(23)21(4)5)9-10-16(17)20-19(24)22-11-7-8-13(2)14(22)3/h9-10,12-14H,6-8,11H2,1-5H3,(H,20,24). The van der Waals surface area contributed by atoms with E-state index in [-0.39, 0.29) is 18.0 Å². The van der Waals surface area contributed by atoms with Crippen LogP contribution in [0.15, 0.2) is 18.2 Å². The molecule has 0 aromatic heterocycles. The summed E-state index contributed by atoms with van der Waals surface area (Å²) in [5.41, 5.74) is 1.12. The molecule has 1 aliphatic rings. The summed E-state index contributed by atoms with van der Waals surface area (Å²) in [5.74, 6) is 0.907. The van der Waals surface area contributed by atoms with Crippen LogP contribution in [0.4, 0.5) is 10.5 Å². The third-order valence-corrected chi connectivity index (χ3v) is 4.81. The largest absolute Gasteiger partial charge is 0.492 e. The summed E-state index contributed by atoms with van der Waals surface area (Å²) in [6.07, 6.45) is 2.17. The van der Waals surface area contributed by atoms with Crippen LogP contribution < -0.4 is 10.1 Å². The van der Waals surface area contributed by atoms with Gasteiger partial charge < -0.3 is 19.9 Å². The van der Waals surface area contributed by atoms with Gasteiger partial charge in [0.1, 0.15) is 5.75 Å². The topological polar surface area (TPSA) is 61.9 Å². The lowest BCUT2D eigenvalue weighted by molar-refractivity contribution is 0.0827. The highest BCUT2D eigenvalue weighted by Gasteiger charge is 2.28. The maximum atomic E-state index is 12.7. The van der Waals surface area contributed by atoms with Gasteiger partial charge in [-0.05, 0) is 50.8 Å². The molecule has 1 heterocycles. The van der Waals surface area contributed by atoms with Crippen LogP contribution in [0.3, 0.4) is 0 Å². The van der Waals surface area contributed by atoms with E-state index in [2.05, 4.69) is 19.2 Å². The number of amides is 3. The van der Waals surface area contributed by atoms with Crippen molar-refractivity contribution in [2.24, 2.45) is 5.92 Å². The smallest absolute Gasteiger partial charge is 0.322 e. The van der Waals surface area contributed by atoms with Crippen molar-refractivity contribution in [1.29, 1.82) is 0 Å². The van der Waals surface area contributed by atoms with Crippen molar-refractivity contribution >= 4 is 17.6 Å². The van der Waals surface area contributed by atoms with Gasteiger partial charge in [-0.3, -0.25) is 4.79 Å². The fraction of sp³-hybridized carbons (Fsp3) is 0.579. The van der Waals surface area contributed by atoms with E-state index in [0.717, 1.165) is 19.4 Å². The lowest BCUT2D eigenvalue weighted by atomic mass is 9.92. The SMILES string of the molecule is CCOc1cc(C(=O)N(C)C)ccc1NC(=O)N1CCCC(C)C1C. The summed E-state index contributed by atoms with van der Waals surface area (Å²) in [6.45, 7) is 7.36. The van der Waals surface area contributed by atoms with Crippen molar-refractivity contribution in [3.8, 4) is 5.75 Å². The third-order valence-electron chi connectivity index (χ3n) is 4.81. The number of rotatable bonds is 4. The fourth-order valence-corrected chi connectivity index (χ4v) is 3.10. The van der Waals surface area contributed by atoms with Crippen LogP contribution in [-0.2, 0) is 0 Å². The molecular formula is C19H29N3O3. The van der Waals surface area contributed by atoms with Crippen molar-refractivity contribution < 1.29 is 14.3 Å². The Morgan fingerprint density at radius 2 is 2.04 bits per heavy atom. The van der Waals surface area contributed by atoms with E-state index in [9.17, 15) is 9.59 Å². The van der Waals surface area contributed by atoms with Gasteiger partial charge in [-0.1, -0.05) is 6.92 Å². The second-order valence-corrected chi connectivity index (χ2v) is 6.83. The second-order valence-electron chi connectivity index (χ2n) is 6.83. The molecule has 2 unspecified atom stereocenters. The summed E-state index contributed by atoms with van der Waals surface area (Å²) < 4.78 is 5.64. The molecule has 1 aromatic carbocycles. The van der Waals surface area contributed by atoms with Gasteiger partial charge >= 0.3 is 6.03 Å². The summed E-state index contributed by atoms with van der Waals surface area (Å²) >= 11 is 0. The van der Waals surface area contributed by atoms with Crippen LogP contribution in [0.1, 0.15) is 44.0 Å². The van der Waals surface area contributed by atoms with E-state index in [0.29, 0.717) is 29.5 Å². The number of hydrogen-bond acceptors (Lipinski definition) is 3. The molecule has 2 rings (SSSR count). The number of benzene rings is 1. The molecule has 0 spiro atoms. The van der Waals surface area contributed by atoms with Crippen molar-refractivity contribution in [2.75, 3.05) is 32.6 Å². The minimum Gasteiger partial charge on any atom is -0.492 e. The third kappa shape index (κ3) is 4.44. The molecule has 1 aliphatic heterocycles. The number of hydrogen-bond donors (Lipinski definition) is 1. The maximum absolute atomic E-state index is 12.7. The lowest BCUT2D eigenvalue weighted by Gasteiger charge is -2.37. The van der Waals surface area contributed by atoms with Crippen LogP contribution in [0, 0.1) is 5.92 Å². The predicted molar refractivity (Wildman–Crippen MR) is 99.2 cm³/mol. The molecule has 138 valence electrons. The molecule has 6 nitrogen and oxygen atoms in total. The zero-order valence-corrected chi connectivity index (χ0v) is 15.8. The summed E-state index contributed by atoms with van der Waals surface area (Å²) in [5, 5.41) is 2.95. The van der Waals surface area contributed by atoms with Crippen LogP contribution in [-0.4, -0.2) is 55.0 Å². The van der Waals surface area contributed by atoms with Gasteiger partial charge in [0.05, 0.1) is 12.3 Å². The molecule has 2 atom stereocenters. The zero-order valence-electron chi connectivity index (χ0n) is 15.8. The number of nitrogens with zero attached hydrogens (tertiary/aromatic N) is 2. The van der Waals surface area contributed by atoms with Gasteiger partial charge in [-0.2, -0.15) is 0 Å². The monoisotopic (exact) mass is 347 g/mol. The highest BCUT2D eigenvalue weighted by molar-refractivity contribution is 5.96. The second kappa shape index (κ2) is 8.23. The first-order valence-corrected chi connectivity index (χ1v) is 8.91. The van der Waals surface area contributed by atoms with E-state index in [1.165, 1.54) is 4.90 Å². The molecule has 25 heavy (non-hydrogen) atoms. The summed E-state index contributed by atoms with van der Waals surface area (Å²) in [4.78, 5) is 28.2. The molecule has 0 saturated carbocycles. The Bertz CT molecular complexity index is 630. The minimum absolute atomic E-state index is 0.0997. The van der Waals surface area contributed by atoms with Gasteiger partial charge in [0, 0.05) is 32.2 Å². The first kappa shape index (κ1) is 19.1. The number of anilines is 1. The number of ether oxygens (including phenoxy) is 1. The number of nitrogens with one attached hydrogen (secondary N) is 1. The Balaban J connectivity index is 2.20. The van der Waals surface area contributed by atoms with Crippen molar-refractivity contribution in [3.05, 3.63) is 23.8 Å². The van der Waals surface area contributed by atoms with Crippen LogP contribution in [0.5, 0.6) is 5.75 Å². The van der Waals surface area contributed by atoms with E-state index in [1.54, 1.807) is 32.3 Å². The molecule has 0 aliphatic carbocycles. The van der Waals surface area contributed by atoms with Gasteiger partial charge in [0.25, 0.3) is 5.91 Å². The minimum atomic E-state index is -0.119. The number of likely N-dealkylation sites (tertiary alicyclic amines) is 1. The lowest BCUT2D eigenvalue weighted by Crippen LogP contribution is -2.47. The molecule has 6 heteroatoms. The average Bonchev–Trinajstić information content (AvgIpc) is 2.58. The first-order valence-electron chi connectivity index (χ1n) is 8.91. The molecule has 1 saturated heterocycles. The van der Waals surface area contributed by atoms with Crippen LogP contribution in [0.2, 0.25) is 0 Å². The van der Waals surface area contributed by atoms with Crippen LogP contribution >= 0.6 is 0 Å². The van der Waals surface area contributed by atoms with E-state index >= 15 is 0 Å². The van der Waals surface area contributed by atoms with Crippen molar-refractivity contribution in [2.45, 2.75) is 39.7 Å². The number of carbonyl (C=O) groups is 2.